The molecule has 9 atom stereocenters. The van der Waals surface area contributed by atoms with Crippen LogP contribution in [0.15, 0.2) is 0 Å². The molecule has 4 bridgehead atoms. The van der Waals surface area contributed by atoms with Crippen LogP contribution in [0.5, 0.6) is 0 Å². The molecule has 16 rings (SSSR count). The molecule has 8 heteroatoms. The molecule has 0 radical (unpaired) electrons. The van der Waals surface area contributed by atoms with Crippen molar-refractivity contribution in [1.82, 2.24) is 21.3 Å². The van der Waals surface area contributed by atoms with Crippen LogP contribution in [0, 0.1) is 23.7 Å². The Morgan fingerprint density at radius 2 is 1.27 bits per heavy atom. The van der Waals surface area contributed by atoms with E-state index in [2.05, 4.69) is 70.9 Å². The number of hydrogen-bond donors (Lipinski definition) is 4. The third kappa shape index (κ3) is 0.785. The summed E-state index contributed by atoms with van der Waals surface area (Å²) in [4.78, 5) is 9.45. The van der Waals surface area contributed by atoms with Crippen molar-refractivity contribution in [2.24, 2.45) is 23.7 Å². The van der Waals surface area contributed by atoms with Crippen LogP contribution in [0.2, 0.25) is 65.9 Å². The Hall–Kier alpha value is 1.44. The Morgan fingerprint density at radius 1 is 0.756 bits per heavy atom. The molecule has 16 aliphatic rings. The molecule has 12 heterocycles. The van der Waals surface area contributed by atoms with Crippen molar-refractivity contribution >= 4 is 25.2 Å². The van der Waals surface area contributed by atoms with E-state index in [9.17, 15) is 0 Å². The van der Waals surface area contributed by atoms with Crippen LogP contribution in [-0.2, 0) is 6.51 Å². The van der Waals surface area contributed by atoms with Crippen LogP contribution in [0.25, 0.3) is 0 Å². The normalized spacial score (nSPS) is 78.4. The van der Waals surface area contributed by atoms with E-state index in [1.165, 1.54) is 59.9 Å². The molecule has 4 N–H and O–H groups in total. The second kappa shape index (κ2) is 4.36. The van der Waals surface area contributed by atoms with Crippen molar-refractivity contribution in [3.8, 4) is 0 Å². The van der Waals surface area contributed by atoms with Gasteiger partial charge in [-0.05, 0) is 0 Å². The van der Waals surface area contributed by atoms with Crippen molar-refractivity contribution in [3.63, 3.8) is 0 Å². The van der Waals surface area contributed by atoms with Gasteiger partial charge in [0.05, 0.1) is 0 Å². The molecule has 12 saturated heterocycles. The van der Waals surface area contributed by atoms with Gasteiger partial charge in [-0.15, -0.1) is 0 Å². The molecule has 4 aliphatic carbocycles. The molecule has 1 spiro atoms. The fourth-order valence-electron chi connectivity index (χ4n) is 29.3. The van der Waals surface area contributed by atoms with E-state index in [0.717, 1.165) is 55.0 Å². The first-order chi connectivity index (χ1) is 21.2. The molecule has 0 aromatic heterocycles. The van der Waals surface area contributed by atoms with Gasteiger partial charge in [0.15, 0.2) is 0 Å². The number of rotatable bonds is 7. The van der Waals surface area contributed by atoms with E-state index in [0.29, 0.717) is 22.4 Å². The second-order valence-corrected chi connectivity index (χ2v) is 57.3. The van der Waals surface area contributed by atoms with Crippen LogP contribution < -0.4 is 21.3 Å². The van der Waals surface area contributed by atoms with E-state index in [-0.39, 0.29) is 7.92 Å². The van der Waals surface area contributed by atoms with E-state index in [4.69, 9.17) is 0 Å². The predicted molar refractivity (Wildman–Crippen MR) is 192 cm³/mol. The number of piperazine rings is 2. The molecule has 4 saturated carbocycles. The van der Waals surface area contributed by atoms with Crippen LogP contribution in [0.1, 0.15) is 52.9 Å². The van der Waals surface area contributed by atoms with Crippen molar-refractivity contribution in [1.29, 1.82) is 0 Å². The van der Waals surface area contributed by atoms with E-state index < -0.39 is 14.6 Å². The zero-order valence-electron chi connectivity index (χ0n) is 28.9. The number of fused-ring (bicyclic) bond motifs is 10. The Labute approximate surface area is 267 Å². The number of hydrogen-bond acceptors (Lipinski definition) is 4. The van der Waals surface area contributed by atoms with Crippen LogP contribution in [0.4, 0.5) is 0 Å². The van der Waals surface area contributed by atoms with Gasteiger partial charge < -0.3 is 0 Å². The molecule has 16 fully saturated rings. The predicted octanol–water partition coefficient (Wildman–Crippen LogP) is 7.21. The Balaban J connectivity index is 0.994. The first kappa shape index (κ1) is 26.2. The van der Waals surface area contributed by atoms with Crippen molar-refractivity contribution in [2.45, 2.75) is 147 Å². The summed E-state index contributed by atoms with van der Waals surface area (Å²) in [5, 5.41) is 17.5. The summed E-state index contributed by atoms with van der Waals surface area (Å²) >= 11 is 0. The summed E-state index contributed by atoms with van der Waals surface area (Å²) in [5.41, 5.74) is 1.12. The van der Waals surface area contributed by atoms with Crippen molar-refractivity contribution in [2.75, 3.05) is 45.4 Å². The summed E-state index contributed by atoms with van der Waals surface area (Å²) in [5.74, 6) is 4.44. The van der Waals surface area contributed by atoms with Crippen molar-refractivity contribution < 1.29 is 6.51 Å². The van der Waals surface area contributed by atoms with Crippen LogP contribution in [-0.4, -0.2) is 81.6 Å². The van der Waals surface area contributed by atoms with Crippen LogP contribution in [0.3, 0.4) is 0 Å². The first-order valence-corrected chi connectivity index (χ1v) is 31.6. The molecule has 9 unspecified atom stereocenters. The topological polar surface area (TPSA) is 48.1 Å². The molecular formula is C37H62FeN4P2Si. The summed E-state index contributed by atoms with van der Waals surface area (Å²) in [6.07, 6.45) is 9.94. The Morgan fingerprint density at radius 3 is 1.67 bits per heavy atom. The zero-order valence-corrected chi connectivity index (χ0v) is 33.1. The standard InChI is InChI=1S/C32H57N4P2Si.C5H5.Fe/c1-31(2,3)38(30-23-12-21-11-22(14-23)15-24(30)13-21)20-25-16-26(39(4,5)6)17-27(25)32(37,28-18-33-7-9-35-28)29-19-34-8-10-36-29;1-2-4-5-3-1;/h16-17,21-24,28-30,33-36H,7-15,18-20,37H2,1-6H3;1-5H;. The van der Waals surface area contributed by atoms with Gasteiger partial charge in [0.1, 0.15) is 0 Å². The van der Waals surface area contributed by atoms with Gasteiger partial charge in [-0.1, -0.05) is 0 Å². The molecular weight excluding hydrogens is 646 g/mol. The summed E-state index contributed by atoms with van der Waals surface area (Å²) in [7, 11) is 2.69. The average Bonchev–Trinajstić information content (AvgIpc) is 3.94. The summed E-state index contributed by atoms with van der Waals surface area (Å²) in [6.45, 7) is 20.2. The molecule has 0 aromatic carbocycles. The Kier molecular flexibility index (Phi) is 2.54. The molecule has 252 valence electrons. The van der Waals surface area contributed by atoms with Gasteiger partial charge in [0.2, 0.25) is 0 Å². The molecule has 0 aromatic rings. The van der Waals surface area contributed by atoms with Gasteiger partial charge in [0, 0.05) is 0 Å². The third-order valence-electron chi connectivity index (χ3n) is 26.1. The molecule has 45 heavy (non-hydrogen) atoms. The maximum atomic E-state index is 4.33. The van der Waals surface area contributed by atoms with Gasteiger partial charge in [0.25, 0.3) is 0 Å². The molecule has 4 nitrogen and oxygen atoms in total. The van der Waals surface area contributed by atoms with Gasteiger partial charge in [-0.25, -0.2) is 0 Å². The average molecular weight is 709 g/mol. The summed E-state index contributed by atoms with van der Waals surface area (Å²) < 4.78 is 2.67. The molecule has 12 aliphatic heterocycles. The summed E-state index contributed by atoms with van der Waals surface area (Å²) in [6, 6.07) is 1.26. The second-order valence-electron chi connectivity index (χ2n) is 24.3. The maximum absolute atomic E-state index is 4.33. The van der Waals surface area contributed by atoms with E-state index in [1.807, 2.05) is 0 Å². The quantitative estimate of drug-likeness (QED) is 0.167. The SMILES string of the molecule is CC(C)(C)P(C[C]12[CH]3[C]4([Si](C)(C)C)[CH]5[C]1(C(P)(C1CNCCN1)C1CNCCN1)[Fe]35241678[CH]2[CH]1[CH]6[CH]7[CH]28)C1C2CC3CC(C2)CC1C3. The molecule has 0 amide bonds. The van der Waals surface area contributed by atoms with Gasteiger partial charge in [-0.2, -0.15) is 0 Å². The third-order valence-corrected chi connectivity index (χ3v) is 85.2. The minimum absolute atomic E-state index is 0.0393. The van der Waals surface area contributed by atoms with Gasteiger partial charge in [-0.3, -0.25) is 0 Å². The van der Waals surface area contributed by atoms with E-state index >= 15 is 0 Å². The first-order valence-electron chi connectivity index (χ1n) is 19.8. The van der Waals surface area contributed by atoms with Crippen molar-refractivity contribution in [3.05, 3.63) is 0 Å². The Bertz CT molecular complexity index is 1860. The minimum atomic E-state index is -4.06. The zero-order chi connectivity index (χ0) is 30.3. The van der Waals surface area contributed by atoms with E-state index in [1.54, 1.807) is 38.3 Å². The number of nitrogens with one attached hydrogen (secondary N) is 4. The monoisotopic (exact) mass is 708 g/mol. The fourth-order valence-corrected chi connectivity index (χ4v) is 146. The fraction of sp³-hybridized carbons (Fsp3) is 1.00. The van der Waals surface area contributed by atoms with Gasteiger partial charge >= 0.3 is 269 Å². The van der Waals surface area contributed by atoms with Crippen LogP contribution >= 0.6 is 17.2 Å².